The summed E-state index contributed by atoms with van der Waals surface area (Å²) < 4.78 is 11.2. The van der Waals surface area contributed by atoms with Crippen molar-refractivity contribution in [2.45, 2.75) is 52.1 Å². The van der Waals surface area contributed by atoms with Crippen molar-refractivity contribution in [2.75, 3.05) is 46.5 Å². The quantitative estimate of drug-likeness (QED) is 0.252. The molecule has 0 amide bonds. The van der Waals surface area contributed by atoms with Crippen LogP contribution < -0.4 is 5.32 Å². The largest absolute Gasteiger partial charge is 0.379 e. The first-order valence-corrected chi connectivity index (χ1v) is 8.46. The van der Waals surface area contributed by atoms with Crippen molar-refractivity contribution in [2.24, 2.45) is 4.99 Å². The van der Waals surface area contributed by atoms with Crippen molar-refractivity contribution >= 4 is 29.9 Å². The zero-order valence-electron chi connectivity index (χ0n) is 14.5. The first-order valence-electron chi connectivity index (χ1n) is 8.46. The van der Waals surface area contributed by atoms with E-state index in [1.807, 2.05) is 0 Å². The molecule has 1 atom stereocenters. The second-order valence-corrected chi connectivity index (χ2v) is 5.57. The summed E-state index contributed by atoms with van der Waals surface area (Å²) in [6, 6.07) is 0. The molecule has 0 aromatic rings. The minimum absolute atomic E-state index is 0. The lowest BCUT2D eigenvalue weighted by Crippen LogP contribution is -2.39. The van der Waals surface area contributed by atoms with E-state index in [4.69, 9.17) is 9.47 Å². The fourth-order valence-electron chi connectivity index (χ4n) is 2.31. The molecule has 1 saturated heterocycles. The third-order valence-corrected chi connectivity index (χ3v) is 3.58. The van der Waals surface area contributed by atoms with Crippen molar-refractivity contribution in [3.8, 4) is 0 Å². The van der Waals surface area contributed by atoms with Gasteiger partial charge in [-0.1, -0.05) is 13.3 Å². The minimum Gasteiger partial charge on any atom is -0.379 e. The third kappa shape index (κ3) is 9.84. The van der Waals surface area contributed by atoms with E-state index in [9.17, 15) is 0 Å². The van der Waals surface area contributed by atoms with Gasteiger partial charge >= 0.3 is 0 Å². The summed E-state index contributed by atoms with van der Waals surface area (Å²) in [5, 5.41) is 3.34. The van der Waals surface area contributed by atoms with Crippen molar-refractivity contribution in [3.63, 3.8) is 0 Å². The van der Waals surface area contributed by atoms with Gasteiger partial charge in [-0.3, -0.25) is 4.99 Å². The highest BCUT2D eigenvalue weighted by molar-refractivity contribution is 14.0. The summed E-state index contributed by atoms with van der Waals surface area (Å²) in [6.07, 6.45) is 6.01. The highest BCUT2D eigenvalue weighted by Gasteiger charge is 2.14. The van der Waals surface area contributed by atoms with E-state index in [0.29, 0.717) is 6.10 Å². The van der Waals surface area contributed by atoms with Gasteiger partial charge in [-0.2, -0.15) is 0 Å². The van der Waals surface area contributed by atoms with Crippen LogP contribution in [0.1, 0.15) is 46.0 Å². The van der Waals surface area contributed by atoms with Gasteiger partial charge in [-0.25, -0.2) is 0 Å². The Morgan fingerprint density at radius 3 is 2.82 bits per heavy atom. The molecule has 0 bridgehead atoms. The van der Waals surface area contributed by atoms with Crippen LogP contribution >= 0.6 is 24.0 Å². The van der Waals surface area contributed by atoms with Crippen LogP contribution in [-0.4, -0.2) is 63.5 Å². The standard InChI is InChI=1S/C16H33N3O2.HI/c1-4-6-11-19(3)16(17-5-2)18-10-8-12-20-14-15-9-7-13-21-15;/h15H,4-14H2,1-3H3,(H,17,18);1H. The molecule has 0 aromatic carbocycles. The molecule has 1 fully saturated rings. The molecule has 1 unspecified atom stereocenters. The van der Waals surface area contributed by atoms with Crippen LogP contribution in [0, 0.1) is 0 Å². The van der Waals surface area contributed by atoms with Gasteiger partial charge in [-0.05, 0) is 32.6 Å². The zero-order chi connectivity index (χ0) is 15.3. The van der Waals surface area contributed by atoms with Crippen molar-refractivity contribution in [3.05, 3.63) is 0 Å². The van der Waals surface area contributed by atoms with E-state index in [0.717, 1.165) is 58.3 Å². The van der Waals surface area contributed by atoms with Crippen molar-refractivity contribution in [1.82, 2.24) is 10.2 Å². The Morgan fingerprint density at radius 1 is 1.36 bits per heavy atom. The second kappa shape index (κ2) is 14.5. The van der Waals surface area contributed by atoms with Gasteiger partial charge in [0, 0.05) is 39.9 Å². The number of hydrogen-bond donors (Lipinski definition) is 1. The molecule has 6 heteroatoms. The smallest absolute Gasteiger partial charge is 0.193 e. The lowest BCUT2D eigenvalue weighted by atomic mass is 10.2. The van der Waals surface area contributed by atoms with E-state index in [1.54, 1.807) is 0 Å². The second-order valence-electron chi connectivity index (χ2n) is 5.57. The Kier molecular flexibility index (Phi) is 14.5. The summed E-state index contributed by atoms with van der Waals surface area (Å²) in [5.74, 6) is 1.00. The molecule has 1 N–H and O–H groups in total. The van der Waals surface area contributed by atoms with Crippen LogP contribution in [0.4, 0.5) is 0 Å². The van der Waals surface area contributed by atoms with E-state index in [2.05, 4.69) is 36.1 Å². The molecule has 5 nitrogen and oxygen atoms in total. The number of nitrogens with one attached hydrogen (secondary N) is 1. The Labute approximate surface area is 153 Å². The van der Waals surface area contributed by atoms with E-state index >= 15 is 0 Å². The van der Waals surface area contributed by atoms with Gasteiger partial charge in [0.15, 0.2) is 5.96 Å². The number of nitrogens with zero attached hydrogens (tertiary/aromatic N) is 2. The lowest BCUT2D eigenvalue weighted by molar-refractivity contribution is 0.0170. The zero-order valence-corrected chi connectivity index (χ0v) is 16.8. The monoisotopic (exact) mass is 427 g/mol. The molecule has 0 aliphatic carbocycles. The highest BCUT2D eigenvalue weighted by Crippen LogP contribution is 2.11. The molecule has 1 aliphatic rings. The van der Waals surface area contributed by atoms with Gasteiger partial charge in [0.2, 0.25) is 0 Å². The molecule has 1 rings (SSSR count). The Morgan fingerprint density at radius 2 is 2.18 bits per heavy atom. The Hall–Kier alpha value is -0.0800. The first-order chi connectivity index (χ1) is 10.3. The topological polar surface area (TPSA) is 46.1 Å². The predicted octanol–water partition coefficient (Wildman–Crippen LogP) is 2.89. The average molecular weight is 427 g/mol. The van der Waals surface area contributed by atoms with Crippen LogP contribution in [-0.2, 0) is 9.47 Å². The number of ether oxygens (including phenoxy) is 2. The SMILES string of the molecule is CCCCN(C)C(=NCCCOCC1CCCO1)NCC.I. The van der Waals surface area contributed by atoms with Gasteiger partial charge in [0.1, 0.15) is 0 Å². The normalized spacial score (nSPS) is 18.1. The Bertz CT molecular complexity index is 285. The van der Waals surface area contributed by atoms with Crippen LogP contribution in [0.3, 0.4) is 0 Å². The van der Waals surface area contributed by atoms with Gasteiger partial charge in [0.05, 0.1) is 12.7 Å². The molecule has 132 valence electrons. The number of aliphatic imine (C=N–C) groups is 1. The van der Waals surface area contributed by atoms with E-state index < -0.39 is 0 Å². The van der Waals surface area contributed by atoms with Gasteiger partial charge in [0.25, 0.3) is 0 Å². The first kappa shape index (κ1) is 21.9. The van der Waals surface area contributed by atoms with E-state index in [-0.39, 0.29) is 24.0 Å². The van der Waals surface area contributed by atoms with Crippen molar-refractivity contribution < 1.29 is 9.47 Å². The molecule has 1 aliphatic heterocycles. The minimum atomic E-state index is 0. The Balaban J connectivity index is 0.00000441. The molecule has 22 heavy (non-hydrogen) atoms. The maximum absolute atomic E-state index is 5.66. The molecular weight excluding hydrogens is 393 g/mol. The number of hydrogen-bond acceptors (Lipinski definition) is 3. The molecule has 0 spiro atoms. The summed E-state index contributed by atoms with van der Waals surface area (Å²) >= 11 is 0. The number of rotatable bonds is 10. The maximum atomic E-state index is 5.66. The number of guanidine groups is 1. The van der Waals surface area contributed by atoms with Crippen LogP contribution in [0.5, 0.6) is 0 Å². The molecule has 0 radical (unpaired) electrons. The summed E-state index contributed by atoms with van der Waals surface area (Å²) in [4.78, 5) is 6.86. The fraction of sp³-hybridized carbons (Fsp3) is 0.938. The molecule has 1 heterocycles. The lowest BCUT2D eigenvalue weighted by Gasteiger charge is -2.21. The summed E-state index contributed by atoms with van der Waals surface area (Å²) in [6.45, 7) is 9.49. The fourth-order valence-corrected chi connectivity index (χ4v) is 2.31. The van der Waals surface area contributed by atoms with Crippen LogP contribution in [0.25, 0.3) is 0 Å². The van der Waals surface area contributed by atoms with Gasteiger partial charge < -0.3 is 19.7 Å². The summed E-state index contributed by atoms with van der Waals surface area (Å²) in [7, 11) is 2.10. The summed E-state index contributed by atoms with van der Waals surface area (Å²) in [5.41, 5.74) is 0. The van der Waals surface area contributed by atoms with Crippen LogP contribution in [0.15, 0.2) is 4.99 Å². The van der Waals surface area contributed by atoms with Crippen molar-refractivity contribution in [1.29, 1.82) is 0 Å². The average Bonchev–Trinajstić information content (AvgIpc) is 3.00. The molecular formula is C16H34IN3O2. The number of halogens is 1. The van der Waals surface area contributed by atoms with E-state index in [1.165, 1.54) is 19.3 Å². The molecule has 0 aromatic heterocycles. The van der Waals surface area contributed by atoms with Gasteiger partial charge in [-0.15, -0.1) is 24.0 Å². The van der Waals surface area contributed by atoms with Crippen LogP contribution in [0.2, 0.25) is 0 Å². The highest BCUT2D eigenvalue weighted by atomic mass is 127. The maximum Gasteiger partial charge on any atom is 0.193 e. The molecule has 0 saturated carbocycles. The number of unbranched alkanes of at least 4 members (excludes halogenated alkanes) is 1. The predicted molar refractivity (Wildman–Crippen MR) is 103 cm³/mol. The third-order valence-electron chi connectivity index (χ3n) is 3.58.